The molecule has 0 atom stereocenters. The summed E-state index contributed by atoms with van der Waals surface area (Å²) in [5.74, 6) is -0.996. The van der Waals surface area contributed by atoms with Crippen LogP contribution in [0.3, 0.4) is 0 Å². The SMILES string of the molecule is CC.CC.O=C(CCl)N1CCc2c(C(F)(F)F)nn(Cc3ccc(F)cc3)c2C1. The molecule has 1 aliphatic rings. The molecule has 3 rings (SSSR count). The Hall–Kier alpha value is -2.09. The molecule has 0 saturated carbocycles. The highest BCUT2D eigenvalue weighted by Crippen LogP contribution is 2.35. The van der Waals surface area contributed by atoms with Gasteiger partial charge in [0.25, 0.3) is 0 Å². The number of carbonyl (C=O) groups is 1. The number of hydrogen-bond acceptors (Lipinski definition) is 2. The molecule has 1 aromatic carbocycles. The number of fused-ring (bicyclic) bond motifs is 1. The van der Waals surface area contributed by atoms with E-state index in [0.717, 1.165) is 0 Å². The maximum atomic E-state index is 13.3. The van der Waals surface area contributed by atoms with Gasteiger partial charge in [0.05, 0.1) is 18.8 Å². The van der Waals surface area contributed by atoms with E-state index < -0.39 is 17.7 Å². The van der Waals surface area contributed by atoms with Crippen LogP contribution in [0.4, 0.5) is 17.6 Å². The first-order valence-electron chi connectivity index (χ1n) is 9.53. The van der Waals surface area contributed by atoms with Crippen LogP contribution in [0.15, 0.2) is 24.3 Å². The average Bonchev–Trinajstić information content (AvgIpc) is 3.10. The zero-order valence-electron chi connectivity index (χ0n) is 17.0. The number of hydrogen-bond donors (Lipinski definition) is 0. The molecule has 1 amide bonds. The summed E-state index contributed by atoms with van der Waals surface area (Å²) < 4.78 is 54.1. The van der Waals surface area contributed by atoms with Gasteiger partial charge in [-0.2, -0.15) is 18.3 Å². The Bertz CT molecular complexity index is 788. The molecule has 0 saturated heterocycles. The van der Waals surface area contributed by atoms with Gasteiger partial charge >= 0.3 is 6.18 Å². The van der Waals surface area contributed by atoms with E-state index in [1.165, 1.54) is 33.8 Å². The lowest BCUT2D eigenvalue weighted by Crippen LogP contribution is -2.37. The van der Waals surface area contributed by atoms with Crippen molar-refractivity contribution in [3.63, 3.8) is 0 Å². The van der Waals surface area contributed by atoms with Gasteiger partial charge in [0.1, 0.15) is 11.7 Å². The molecule has 0 radical (unpaired) electrons. The van der Waals surface area contributed by atoms with Gasteiger partial charge in [0.15, 0.2) is 5.69 Å². The van der Waals surface area contributed by atoms with E-state index in [-0.39, 0.29) is 43.4 Å². The van der Waals surface area contributed by atoms with Gasteiger partial charge < -0.3 is 4.90 Å². The first-order chi connectivity index (χ1) is 13.8. The van der Waals surface area contributed by atoms with Crippen molar-refractivity contribution >= 4 is 17.5 Å². The van der Waals surface area contributed by atoms with Crippen LogP contribution in [0, 0.1) is 5.82 Å². The normalized spacial score (nSPS) is 12.9. The van der Waals surface area contributed by atoms with Crippen LogP contribution >= 0.6 is 11.6 Å². The lowest BCUT2D eigenvalue weighted by atomic mass is 10.0. The monoisotopic (exact) mass is 435 g/mol. The van der Waals surface area contributed by atoms with Crippen LogP contribution in [-0.2, 0) is 30.5 Å². The summed E-state index contributed by atoms with van der Waals surface area (Å²) in [7, 11) is 0. The third kappa shape index (κ3) is 6.19. The van der Waals surface area contributed by atoms with E-state index in [0.29, 0.717) is 11.3 Å². The molecule has 0 spiro atoms. The fourth-order valence-corrected chi connectivity index (χ4v) is 3.07. The minimum absolute atomic E-state index is 0.0190. The van der Waals surface area contributed by atoms with E-state index in [9.17, 15) is 22.4 Å². The summed E-state index contributed by atoms with van der Waals surface area (Å²) in [6, 6.07) is 5.45. The van der Waals surface area contributed by atoms with E-state index in [4.69, 9.17) is 11.6 Å². The molecule has 0 N–H and O–H groups in total. The van der Waals surface area contributed by atoms with Gasteiger partial charge in [-0.15, -0.1) is 11.6 Å². The highest BCUT2D eigenvalue weighted by atomic mass is 35.5. The fourth-order valence-electron chi connectivity index (χ4n) is 2.90. The molecule has 2 heterocycles. The maximum Gasteiger partial charge on any atom is 0.435 e. The minimum Gasteiger partial charge on any atom is -0.335 e. The van der Waals surface area contributed by atoms with Crippen molar-refractivity contribution in [2.75, 3.05) is 12.4 Å². The van der Waals surface area contributed by atoms with Crippen molar-refractivity contribution in [2.45, 2.75) is 53.4 Å². The fraction of sp³-hybridized carbons (Fsp3) is 0.500. The molecule has 0 fully saturated rings. The van der Waals surface area contributed by atoms with E-state index in [1.807, 2.05) is 27.7 Å². The van der Waals surface area contributed by atoms with Gasteiger partial charge in [0.2, 0.25) is 5.91 Å². The molecule has 0 bridgehead atoms. The molecular weight excluding hydrogens is 410 g/mol. The number of halogens is 5. The summed E-state index contributed by atoms with van der Waals surface area (Å²) in [6.45, 7) is 8.25. The summed E-state index contributed by atoms with van der Waals surface area (Å²) in [5, 5.41) is 3.73. The van der Waals surface area contributed by atoms with Crippen molar-refractivity contribution in [2.24, 2.45) is 0 Å². The van der Waals surface area contributed by atoms with Crippen molar-refractivity contribution in [3.05, 3.63) is 52.6 Å². The second kappa shape index (κ2) is 11.2. The number of nitrogens with zero attached hydrogens (tertiary/aromatic N) is 3. The van der Waals surface area contributed by atoms with Gasteiger partial charge in [0, 0.05) is 12.1 Å². The molecule has 0 unspecified atom stereocenters. The Kier molecular flexibility index (Phi) is 9.62. The lowest BCUT2D eigenvalue weighted by Gasteiger charge is -2.27. The van der Waals surface area contributed by atoms with Crippen molar-refractivity contribution in [3.8, 4) is 0 Å². The summed E-state index contributed by atoms with van der Waals surface area (Å²) in [6.07, 6.45) is -4.51. The van der Waals surface area contributed by atoms with Crippen molar-refractivity contribution < 1.29 is 22.4 Å². The number of rotatable bonds is 3. The van der Waals surface area contributed by atoms with Crippen molar-refractivity contribution in [1.82, 2.24) is 14.7 Å². The summed E-state index contributed by atoms with van der Waals surface area (Å²) in [5.41, 5.74) is 0.124. The van der Waals surface area contributed by atoms with Crippen LogP contribution in [0.25, 0.3) is 0 Å². The predicted octanol–water partition coefficient (Wildman–Crippen LogP) is 5.27. The number of aromatic nitrogens is 2. The number of alkyl halides is 4. The smallest absolute Gasteiger partial charge is 0.335 e. The Morgan fingerprint density at radius 2 is 1.72 bits per heavy atom. The number of carbonyl (C=O) groups excluding carboxylic acids is 1. The van der Waals surface area contributed by atoms with Crippen LogP contribution < -0.4 is 0 Å². The Morgan fingerprint density at radius 3 is 2.24 bits per heavy atom. The lowest BCUT2D eigenvalue weighted by molar-refractivity contribution is -0.142. The number of amides is 1. The second-order valence-corrected chi connectivity index (χ2v) is 6.02. The minimum atomic E-state index is -4.57. The molecule has 29 heavy (non-hydrogen) atoms. The first-order valence-corrected chi connectivity index (χ1v) is 10.1. The second-order valence-electron chi connectivity index (χ2n) is 5.75. The molecular formula is C20H26ClF4N3O. The molecule has 1 aromatic heterocycles. The van der Waals surface area contributed by atoms with Crippen LogP contribution in [0.5, 0.6) is 0 Å². The molecule has 4 nitrogen and oxygen atoms in total. The van der Waals surface area contributed by atoms with Gasteiger partial charge in [-0.05, 0) is 24.1 Å². The van der Waals surface area contributed by atoms with E-state index >= 15 is 0 Å². The third-order valence-corrected chi connectivity index (χ3v) is 4.35. The topological polar surface area (TPSA) is 38.1 Å². The van der Waals surface area contributed by atoms with Crippen LogP contribution in [0.2, 0.25) is 0 Å². The van der Waals surface area contributed by atoms with E-state index in [1.54, 1.807) is 0 Å². The summed E-state index contributed by atoms with van der Waals surface area (Å²) >= 11 is 5.55. The van der Waals surface area contributed by atoms with Gasteiger partial charge in [-0.3, -0.25) is 9.48 Å². The maximum absolute atomic E-state index is 13.3. The van der Waals surface area contributed by atoms with Crippen molar-refractivity contribution in [1.29, 1.82) is 0 Å². The largest absolute Gasteiger partial charge is 0.435 e. The van der Waals surface area contributed by atoms with Gasteiger partial charge in [-0.25, -0.2) is 4.39 Å². The average molecular weight is 436 g/mol. The Morgan fingerprint density at radius 1 is 1.14 bits per heavy atom. The van der Waals surface area contributed by atoms with Gasteiger partial charge in [-0.1, -0.05) is 39.8 Å². The molecule has 162 valence electrons. The van der Waals surface area contributed by atoms with Crippen LogP contribution in [0.1, 0.15) is 50.2 Å². The summed E-state index contributed by atoms with van der Waals surface area (Å²) in [4.78, 5) is 13.2. The van der Waals surface area contributed by atoms with E-state index in [2.05, 4.69) is 5.10 Å². The molecule has 0 aliphatic carbocycles. The molecule has 1 aliphatic heterocycles. The first kappa shape index (κ1) is 24.9. The zero-order valence-corrected chi connectivity index (χ0v) is 17.7. The molecule has 2 aromatic rings. The third-order valence-electron chi connectivity index (χ3n) is 4.12. The highest BCUT2D eigenvalue weighted by Gasteiger charge is 2.40. The van der Waals surface area contributed by atoms with Crippen LogP contribution in [-0.4, -0.2) is 33.0 Å². The molecule has 9 heteroatoms. The zero-order chi connectivity index (χ0) is 22.2. The standard InChI is InChI=1S/C16H14ClF4N3O.2C2H6/c17-7-14(25)23-6-5-12-13(9-23)24(22-15(12)16(19,20)21)8-10-1-3-11(18)4-2-10;2*1-2/h1-4H,5-9H2;2*1-2H3. The predicted molar refractivity (Wildman–Crippen MR) is 105 cm³/mol. The quantitative estimate of drug-likeness (QED) is 0.487. The highest BCUT2D eigenvalue weighted by molar-refractivity contribution is 6.27. The Balaban J connectivity index is 0.000000989. The Labute approximate surface area is 173 Å². The number of benzene rings is 1.